The number of hydrogen-bond acceptors (Lipinski definition) is 3. The maximum Gasteiger partial charge on any atom is 0.471 e. The van der Waals surface area contributed by atoms with Crippen LogP contribution in [-0.2, 0) is 4.79 Å². The van der Waals surface area contributed by atoms with E-state index in [1.54, 1.807) is 19.0 Å². The van der Waals surface area contributed by atoms with Gasteiger partial charge in [-0.3, -0.25) is 4.79 Å². The van der Waals surface area contributed by atoms with Crippen LogP contribution in [0.3, 0.4) is 0 Å². The van der Waals surface area contributed by atoms with Crippen LogP contribution in [0.1, 0.15) is 6.42 Å². The predicted octanol–water partition coefficient (Wildman–Crippen LogP) is 0.615. The number of likely N-dealkylation sites (N-methyl/N-ethyl adjacent to an activating group) is 1. The molecule has 1 amide bonds. The summed E-state index contributed by atoms with van der Waals surface area (Å²) in [4.78, 5) is 13.6. The van der Waals surface area contributed by atoms with Gasteiger partial charge in [-0.1, -0.05) is 12.2 Å². The van der Waals surface area contributed by atoms with Crippen molar-refractivity contribution in [2.24, 2.45) is 5.73 Å². The molecule has 0 aromatic rings. The van der Waals surface area contributed by atoms with Gasteiger partial charge in [-0.25, -0.2) is 0 Å². The molecule has 0 saturated carbocycles. The van der Waals surface area contributed by atoms with Crippen LogP contribution in [-0.4, -0.2) is 60.6 Å². The van der Waals surface area contributed by atoms with Gasteiger partial charge < -0.3 is 15.5 Å². The summed E-state index contributed by atoms with van der Waals surface area (Å²) in [6.07, 6.45) is -4.77. The van der Waals surface area contributed by atoms with E-state index in [9.17, 15) is 18.0 Å². The molecule has 4 nitrogen and oxygen atoms in total. The van der Waals surface area contributed by atoms with E-state index in [-0.39, 0.29) is 24.5 Å². The van der Waals surface area contributed by atoms with Crippen molar-refractivity contribution in [2.75, 3.05) is 33.7 Å². The van der Waals surface area contributed by atoms with Crippen molar-refractivity contribution in [3.05, 3.63) is 0 Å². The molecule has 0 saturated heterocycles. The summed E-state index contributed by atoms with van der Waals surface area (Å²) in [5, 5.41) is 0. The molecule has 8 heteroatoms. The van der Waals surface area contributed by atoms with Crippen LogP contribution in [0, 0.1) is 0 Å². The normalized spacial score (nSPS) is 11.6. The lowest BCUT2D eigenvalue weighted by atomic mass is 10.3. The minimum atomic E-state index is -4.86. The van der Waals surface area contributed by atoms with E-state index in [2.05, 4.69) is 12.2 Å². The average molecular weight is 271 g/mol. The number of rotatable bonds is 6. The van der Waals surface area contributed by atoms with E-state index in [0.29, 0.717) is 6.54 Å². The third-order valence-corrected chi connectivity index (χ3v) is 2.18. The van der Waals surface area contributed by atoms with Crippen molar-refractivity contribution < 1.29 is 18.0 Å². The first-order valence-electron chi connectivity index (χ1n) is 4.93. The van der Waals surface area contributed by atoms with Gasteiger partial charge in [-0.2, -0.15) is 13.2 Å². The summed E-state index contributed by atoms with van der Waals surface area (Å²) < 4.78 is 36.8. The SMILES string of the molecule is CN(C)CCN(CCC(N)=S)C(=O)C(F)(F)F. The summed E-state index contributed by atoms with van der Waals surface area (Å²) in [5.41, 5.74) is 5.21. The lowest BCUT2D eigenvalue weighted by Crippen LogP contribution is -2.45. The van der Waals surface area contributed by atoms with Crippen molar-refractivity contribution in [3.63, 3.8) is 0 Å². The number of carbonyl (C=O) groups is 1. The van der Waals surface area contributed by atoms with E-state index < -0.39 is 12.1 Å². The first kappa shape index (κ1) is 16.1. The topological polar surface area (TPSA) is 49.6 Å². The third kappa shape index (κ3) is 7.11. The Morgan fingerprint density at radius 3 is 2.12 bits per heavy atom. The Labute approximate surface area is 104 Å². The molecular weight excluding hydrogens is 255 g/mol. The van der Waals surface area contributed by atoms with Gasteiger partial charge in [0, 0.05) is 26.1 Å². The Kier molecular flexibility index (Phi) is 6.40. The van der Waals surface area contributed by atoms with E-state index in [0.717, 1.165) is 4.90 Å². The molecule has 0 rings (SSSR count). The first-order chi connectivity index (χ1) is 7.64. The Morgan fingerprint density at radius 1 is 1.24 bits per heavy atom. The molecule has 0 bridgehead atoms. The number of nitrogens with zero attached hydrogens (tertiary/aromatic N) is 2. The second-order valence-corrected chi connectivity index (χ2v) is 4.33. The van der Waals surface area contributed by atoms with Crippen LogP contribution >= 0.6 is 12.2 Å². The molecule has 0 unspecified atom stereocenters. The molecule has 100 valence electrons. The smallest absolute Gasteiger partial charge is 0.393 e. The fraction of sp³-hybridized carbons (Fsp3) is 0.778. The molecule has 0 aliphatic rings. The molecular formula is C9H16F3N3OS. The van der Waals surface area contributed by atoms with Crippen molar-refractivity contribution in [2.45, 2.75) is 12.6 Å². The van der Waals surface area contributed by atoms with Crippen LogP contribution in [0.25, 0.3) is 0 Å². The maximum atomic E-state index is 12.3. The second kappa shape index (κ2) is 6.75. The molecule has 17 heavy (non-hydrogen) atoms. The largest absolute Gasteiger partial charge is 0.471 e. The number of alkyl halides is 3. The predicted molar refractivity (Wildman–Crippen MR) is 62.6 cm³/mol. The summed E-state index contributed by atoms with van der Waals surface area (Å²) in [6, 6.07) is 0. The highest BCUT2D eigenvalue weighted by Crippen LogP contribution is 2.18. The highest BCUT2D eigenvalue weighted by molar-refractivity contribution is 7.80. The Hall–Kier alpha value is -0.890. The number of carbonyl (C=O) groups excluding carboxylic acids is 1. The fourth-order valence-corrected chi connectivity index (χ4v) is 1.15. The van der Waals surface area contributed by atoms with Crippen LogP contribution in [0.4, 0.5) is 13.2 Å². The molecule has 2 N–H and O–H groups in total. The number of nitrogens with two attached hydrogens (primary N) is 1. The highest BCUT2D eigenvalue weighted by Gasteiger charge is 2.42. The van der Waals surface area contributed by atoms with E-state index in [1.807, 2.05) is 0 Å². The standard InChI is InChI=1S/C9H16F3N3OS/c1-14(2)5-6-15(4-3-7(13)17)8(16)9(10,11)12/h3-6H2,1-2H3,(H2,13,17). The second-order valence-electron chi connectivity index (χ2n) is 3.81. The molecule has 0 heterocycles. The van der Waals surface area contributed by atoms with Gasteiger partial charge in [-0.15, -0.1) is 0 Å². The lowest BCUT2D eigenvalue weighted by molar-refractivity contribution is -0.185. The first-order valence-corrected chi connectivity index (χ1v) is 5.34. The summed E-state index contributed by atoms with van der Waals surface area (Å²) in [7, 11) is 3.42. The van der Waals surface area contributed by atoms with Crippen molar-refractivity contribution in [3.8, 4) is 0 Å². The van der Waals surface area contributed by atoms with Gasteiger partial charge in [0.1, 0.15) is 0 Å². The fourth-order valence-electron chi connectivity index (χ4n) is 1.06. The molecule has 0 spiro atoms. The third-order valence-electron chi connectivity index (χ3n) is 1.97. The zero-order valence-electron chi connectivity index (χ0n) is 9.75. The number of amides is 1. The zero-order chi connectivity index (χ0) is 13.6. The number of hydrogen-bond donors (Lipinski definition) is 1. The highest BCUT2D eigenvalue weighted by atomic mass is 32.1. The van der Waals surface area contributed by atoms with Crippen molar-refractivity contribution in [1.29, 1.82) is 0 Å². The minimum absolute atomic E-state index is 0.00600. The van der Waals surface area contributed by atoms with Crippen LogP contribution in [0.2, 0.25) is 0 Å². The molecule has 0 atom stereocenters. The molecule has 0 aromatic heterocycles. The quantitative estimate of drug-likeness (QED) is 0.719. The van der Waals surface area contributed by atoms with Crippen LogP contribution in [0.5, 0.6) is 0 Å². The van der Waals surface area contributed by atoms with E-state index in [4.69, 9.17) is 5.73 Å². The van der Waals surface area contributed by atoms with Crippen LogP contribution in [0.15, 0.2) is 0 Å². The van der Waals surface area contributed by atoms with Crippen molar-refractivity contribution >= 4 is 23.1 Å². The average Bonchev–Trinajstić information content (AvgIpc) is 2.14. The van der Waals surface area contributed by atoms with Gasteiger partial charge in [0.05, 0.1) is 4.99 Å². The Bertz CT molecular complexity index is 281. The molecule has 0 radical (unpaired) electrons. The van der Waals surface area contributed by atoms with E-state index >= 15 is 0 Å². The Morgan fingerprint density at radius 2 is 1.76 bits per heavy atom. The summed E-state index contributed by atoms with van der Waals surface area (Å²) in [5.74, 6) is -1.85. The van der Waals surface area contributed by atoms with Gasteiger partial charge >= 0.3 is 12.1 Å². The number of halogens is 3. The van der Waals surface area contributed by atoms with Gasteiger partial charge in [0.25, 0.3) is 0 Å². The monoisotopic (exact) mass is 271 g/mol. The van der Waals surface area contributed by atoms with Gasteiger partial charge in [-0.05, 0) is 14.1 Å². The Balaban J connectivity index is 4.49. The lowest BCUT2D eigenvalue weighted by Gasteiger charge is -2.25. The van der Waals surface area contributed by atoms with Crippen molar-refractivity contribution in [1.82, 2.24) is 9.80 Å². The summed E-state index contributed by atoms with van der Waals surface area (Å²) >= 11 is 4.58. The molecule has 0 aromatic carbocycles. The van der Waals surface area contributed by atoms with E-state index in [1.165, 1.54) is 0 Å². The van der Waals surface area contributed by atoms with Gasteiger partial charge in [0.15, 0.2) is 0 Å². The van der Waals surface area contributed by atoms with Gasteiger partial charge in [0.2, 0.25) is 0 Å². The number of thiocarbonyl (C=S) groups is 1. The molecule has 0 aliphatic heterocycles. The minimum Gasteiger partial charge on any atom is -0.393 e. The summed E-state index contributed by atoms with van der Waals surface area (Å²) in [6.45, 7) is 0.231. The molecule has 0 aliphatic carbocycles. The zero-order valence-corrected chi connectivity index (χ0v) is 10.6. The van der Waals surface area contributed by atoms with Crippen LogP contribution < -0.4 is 5.73 Å². The molecule has 0 fully saturated rings. The maximum absolute atomic E-state index is 12.3.